The lowest BCUT2D eigenvalue weighted by Gasteiger charge is -2.36. The number of hydrogen-bond donors (Lipinski definition) is 1. The smallest absolute Gasteiger partial charge is 0.00436 e. The van der Waals surface area contributed by atoms with E-state index in [0.717, 1.165) is 5.41 Å². The first kappa shape index (κ1) is 8.55. The molecule has 1 aliphatic carbocycles. The summed E-state index contributed by atoms with van der Waals surface area (Å²) in [7, 11) is 0. The first-order valence-corrected chi connectivity index (χ1v) is 5.62. The molecule has 2 aliphatic rings. The first-order valence-electron chi connectivity index (χ1n) is 5.62. The van der Waals surface area contributed by atoms with Gasteiger partial charge in [-0.3, -0.25) is 0 Å². The van der Waals surface area contributed by atoms with Gasteiger partial charge in [-0.1, -0.05) is 19.3 Å². The summed E-state index contributed by atoms with van der Waals surface area (Å²) in [6.45, 7) is 2.54. The molecule has 1 heteroatoms. The maximum Gasteiger partial charge on any atom is -0.00436 e. The molecule has 0 aromatic rings. The van der Waals surface area contributed by atoms with Crippen LogP contribution in [0, 0.1) is 5.41 Å². The molecule has 12 heavy (non-hydrogen) atoms. The van der Waals surface area contributed by atoms with E-state index < -0.39 is 0 Å². The van der Waals surface area contributed by atoms with Crippen LogP contribution in [0.25, 0.3) is 0 Å². The minimum Gasteiger partial charge on any atom is -0.317 e. The van der Waals surface area contributed by atoms with Crippen LogP contribution in [0.3, 0.4) is 0 Å². The minimum absolute atomic E-state index is 0.780. The molecule has 2 rings (SSSR count). The summed E-state index contributed by atoms with van der Waals surface area (Å²) in [5.41, 5.74) is 0.780. The van der Waals surface area contributed by atoms with Gasteiger partial charge in [-0.25, -0.2) is 0 Å². The van der Waals surface area contributed by atoms with Gasteiger partial charge in [0, 0.05) is 0 Å². The molecule has 1 nitrogen and oxygen atoms in total. The van der Waals surface area contributed by atoms with Crippen molar-refractivity contribution in [1.29, 1.82) is 0 Å². The zero-order chi connectivity index (χ0) is 8.28. The zero-order valence-electron chi connectivity index (χ0n) is 8.07. The van der Waals surface area contributed by atoms with Gasteiger partial charge in [0.1, 0.15) is 0 Å². The average molecular weight is 167 g/mol. The molecule has 2 fully saturated rings. The molecule has 70 valence electrons. The van der Waals surface area contributed by atoms with Crippen LogP contribution in [0.15, 0.2) is 0 Å². The number of nitrogens with one attached hydrogen (secondary N) is 1. The largest absolute Gasteiger partial charge is 0.317 e. The van der Waals surface area contributed by atoms with Crippen molar-refractivity contribution >= 4 is 0 Å². The Balaban J connectivity index is 1.95. The molecule has 0 aromatic carbocycles. The Labute approximate surface area is 75.9 Å². The van der Waals surface area contributed by atoms with Gasteiger partial charge in [-0.2, -0.15) is 0 Å². The molecule has 0 bridgehead atoms. The molecule has 0 radical (unpaired) electrons. The molecule has 0 atom stereocenters. The predicted octanol–water partition coefficient (Wildman–Crippen LogP) is 2.71. The highest BCUT2D eigenvalue weighted by Crippen LogP contribution is 2.43. The SMILES string of the molecule is C1CCC2(CC1)CCCNCC2. The van der Waals surface area contributed by atoms with E-state index in [4.69, 9.17) is 0 Å². The Morgan fingerprint density at radius 1 is 0.667 bits per heavy atom. The average Bonchev–Trinajstić information content (AvgIpc) is 2.33. The molecule has 0 amide bonds. The Morgan fingerprint density at radius 2 is 1.42 bits per heavy atom. The van der Waals surface area contributed by atoms with Crippen molar-refractivity contribution in [2.45, 2.75) is 51.4 Å². The van der Waals surface area contributed by atoms with Crippen LogP contribution in [0.1, 0.15) is 51.4 Å². The topological polar surface area (TPSA) is 12.0 Å². The monoisotopic (exact) mass is 167 g/mol. The first-order chi connectivity index (χ1) is 5.91. The van der Waals surface area contributed by atoms with Crippen LogP contribution in [0.2, 0.25) is 0 Å². The summed E-state index contributed by atoms with van der Waals surface area (Å²) in [6.07, 6.45) is 11.9. The van der Waals surface area contributed by atoms with E-state index in [9.17, 15) is 0 Å². The fourth-order valence-corrected chi connectivity index (χ4v) is 2.99. The molecule has 0 aromatic heterocycles. The molecule has 1 N–H and O–H groups in total. The second-order valence-corrected chi connectivity index (χ2v) is 4.66. The van der Waals surface area contributed by atoms with E-state index in [1.807, 2.05) is 0 Å². The number of hydrogen-bond acceptors (Lipinski definition) is 1. The van der Waals surface area contributed by atoms with E-state index in [-0.39, 0.29) is 0 Å². The second kappa shape index (κ2) is 3.78. The van der Waals surface area contributed by atoms with Gasteiger partial charge in [0.25, 0.3) is 0 Å². The number of rotatable bonds is 0. The van der Waals surface area contributed by atoms with Gasteiger partial charge < -0.3 is 5.32 Å². The maximum atomic E-state index is 3.52. The normalized spacial score (nSPS) is 30.0. The zero-order valence-corrected chi connectivity index (χ0v) is 8.07. The van der Waals surface area contributed by atoms with Gasteiger partial charge in [0.2, 0.25) is 0 Å². The Hall–Kier alpha value is -0.0400. The van der Waals surface area contributed by atoms with E-state index in [1.165, 1.54) is 64.5 Å². The summed E-state index contributed by atoms with van der Waals surface area (Å²) in [5.74, 6) is 0. The third-order valence-electron chi connectivity index (χ3n) is 3.81. The lowest BCUT2D eigenvalue weighted by Crippen LogP contribution is -2.25. The molecule has 1 saturated heterocycles. The highest BCUT2D eigenvalue weighted by atomic mass is 14.9. The van der Waals surface area contributed by atoms with Gasteiger partial charge in [0.05, 0.1) is 0 Å². The van der Waals surface area contributed by atoms with Crippen LogP contribution < -0.4 is 5.32 Å². The lowest BCUT2D eigenvalue weighted by molar-refractivity contribution is 0.166. The summed E-state index contributed by atoms with van der Waals surface area (Å²) >= 11 is 0. The third kappa shape index (κ3) is 1.82. The maximum absolute atomic E-state index is 3.52. The van der Waals surface area contributed by atoms with Gasteiger partial charge in [-0.15, -0.1) is 0 Å². The molecule has 1 heterocycles. The summed E-state index contributed by atoms with van der Waals surface area (Å²) in [4.78, 5) is 0. The molecule has 1 saturated carbocycles. The standard InChI is InChI=1S/C11H21N/c1-2-5-11(6-3-1)7-4-9-12-10-8-11/h12H,1-10H2. The van der Waals surface area contributed by atoms with Crippen molar-refractivity contribution in [1.82, 2.24) is 5.32 Å². The fourth-order valence-electron chi connectivity index (χ4n) is 2.99. The molecular weight excluding hydrogens is 146 g/mol. The highest BCUT2D eigenvalue weighted by molar-refractivity contribution is 4.85. The van der Waals surface area contributed by atoms with Gasteiger partial charge in [-0.05, 0) is 50.6 Å². The fraction of sp³-hybridized carbons (Fsp3) is 1.00. The van der Waals surface area contributed by atoms with Crippen LogP contribution >= 0.6 is 0 Å². The minimum atomic E-state index is 0.780. The second-order valence-electron chi connectivity index (χ2n) is 4.66. The summed E-state index contributed by atoms with van der Waals surface area (Å²) in [5, 5.41) is 3.52. The Bertz CT molecular complexity index is 126. The van der Waals surface area contributed by atoms with Crippen LogP contribution in [-0.2, 0) is 0 Å². The van der Waals surface area contributed by atoms with E-state index in [0.29, 0.717) is 0 Å². The quantitative estimate of drug-likeness (QED) is 0.585. The lowest BCUT2D eigenvalue weighted by atomic mass is 9.69. The Morgan fingerprint density at radius 3 is 2.25 bits per heavy atom. The molecule has 0 unspecified atom stereocenters. The van der Waals surface area contributed by atoms with E-state index in [2.05, 4.69) is 5.32 Å². The Kier molecular flexibility index (Phi) is 2.69. The summed E-state index contributed by atoms with van der Waals surface area (Å²) < 4.78 is 0. The van der Waals surface area contributed by atoms with Gasteiger partial charge >= 0.3 is 0 Å². The van der Waals surface area contributed by atoms with Crippen LogP contribution in [0.4, 0.5) is 0 Å². The van der Waals surface area contributed by atoms with Crippen molar-refractivity contribution in [3.05, 3.63) is 0 Å². The molecule has 1 aliphatic heterocycles. The van der Waals surface area contributed by atoms with Gasteiger partial charge in [0.15, 0.2) is 0 Å². The third-order valence-corrected chi connectivity index (χ3v) is 3.81. The van der Waals surface area contributed by atoms with Crippen molar-refractivity contribution < 1.29 is 0 Å². The van der Waals surface area contributed by atoms with Crippen molar-refractivity contribution in [3.63, 3.8) is 0 Å². The van der Waals surface area contributed by atoms with Crippen LogP contribution in [-0.4, -0.2) is 13.1 Å². The van der Waals surface area contributed by atoms with Crippen molar-refractivity contribution in [3.8, 4) is 0 Å². The van der Waals surface area contributed by atoms with Crippen LogP contribution in [0.5, 0.6) is 0 Å². The highest BCUT2D eigenvalue weighted by Gasteiger charge is 2.31. The van der Waals surface area contributed by atoms with E-state index >= 15 is 0 Å². The summed E-state index contributed by atoms with van der Waals surface area (Å²) in [6, 6.07) is 0. The predicted molar refractivity (Wildman–Crippen MR) is 52.2 cm³/mol. The van der Waals surface area contributed by atoms with E-state index in [1.54, 1.807) is 0 Å². The molecule has 1 spiro atoms. The van der Waals surface area contributed by atoms with Crippen molar-refractivity contribution in [2.24, 2.45) is 5.41 Å². The molecular formula is C11H21N. The van der Waals surface area contributed by atoms with Crippen molar-refractivity contribution in [2.75, 3.05) is 13.1 Å².